The third-order valence-electron chi connectivity index (χ3n) is 4.64. The number of aromatic amines is 1. The first-order valence-corrected chi connectivity index (χ1v) is 8.96. The molecular formula is C22H22N2O3. The van der Waals surface area contributed by atoms with Crippen LogP contribution in [0.4, 0.5) is 0 Å². The fraction of sp³-hybridized carbons (Fsp3) is 0.182. The molecule has 0 saturated carbocycles. The van der Waals surface area contributed by atoms with Crippen molar-refractivity contribution in [1.29, 1.82) is 0 Å². The normalized spacial score (nSPS) is 11.1. The summed E-state index contributed by atoms with van der Waals surface area (Å²) in [6.45, 7) is 1.50. The van der Waals surface area contributed by atoms with Crippen molar-refractivity contribution in [1.82, 2.24) is 10.3 Å². The summed E-state index contributed by atoms with van der Waals surface area (Å²) in [5.41, 5.74) is 3.25. The first-order chi connectivity index (χ1) is 13.2. The van der Waals surface area contributed by atoms with E-state index >= 15 is 0 Å². The highest BCUT2D eigenvalue weighted by molar-refractivity contribution is 5.84. The molecule has 0 atom stereocenters. The molecule has 2 heterocycles. The van der Waals surface area contributed by atoms with Crippen LogP contribution < -0.4 is 10.1 Å². The molecule has 4 rings (SSSR count). The lowest BCUT2D eigenvalue weighted by molar-refractivity contribution is 0.415. The fourth-order valence-electron chi connectivity index (χ4n) is 3.21. The predicted molar refractivity (Wildman–Crippen MR) is 106 cm³/mol. The van der Waals surface area contributed by atoms with Gasteiger partial charge in [-0.1, -0.05) is 12.1 Å². The second-order valence-electron chi connectivity index (χ2n) is 6.47. The highest BCUT2D eigenvalue weighted by Crippen LogP contribution is 2.26. The van der Waals surface area contributed by atoms with Crippen molar-refractivity contribution in [2.75, 3.05) is 13.7 Å². The zero-order valence-electron chi connectivity index (χ0n) is 15.2. The maximum atomic E-state index is 9.59. The SMILES string of the molecule is COc1ccc2[nH]cc(CCNCc3ccc(-c4cccc(O)c4)o3)c2c1. The van der Waals surface area contributed by atoms with Gasteiger partial charge < -0.3 is 24.6 Å². The Kier molecular flexibility index (Phi) is 4.85. The van der Waals surface area contributed by atoms with Crippen LogP contribution in [0.15, 0.2) is 65.2 Å². The molecule has 0 aliphatic carbocycles. The van der Waals surface area contributed by atoms with E-state index < -0.39 is 0 Å². The van der Waals surface area contributed by atoms with Gasteiger partial charge in [-0.2, -0.15) is 0 Å². The van der Waals surface area contributed by atoms with Crippen LogP contribution in [-0.2, 0) is 13.0 Å². The number of nitrogens with one attached hydrogen (secondary N) is 2. The third-order valence-corrected chi connectivity index (χ3v) is 4.64. The van der Waals surface area contributed by atoms with Crippen LogP contribution in [0.5, 0.6) is 11.5 Å². The number of hydrogen-bond acceptors (Lipinski definition) is 4. The van der Waals surface area contributed by atoms with Crippen molar-refractivity contribution in [3.63, 3.8) is 0 Å². The smallest absolute Gasteiger partial charge is 0.134 e. The zero-order valence-corrected chi connectivity index (χ0v) is 15.2. The third kappa shape index (κ3) is 3.83. The summed E-state index contributed by atoms with van der Waals surface area (Å²) >= 11 is 0. The Morgan fingerprint density at radius 1 is 1.11 bits per heavy atom. The van der Waals surface area contributed by atoms with Gasteiger partial charge in [0, 0.05) is 22.7 Å². The van der Waals surface area contributed by atoms with E-state index in [4.69, 9.17) is 9.15 Å². The van der Waals surface area contributed by atoms with Crippen LogP contribution in [0.2, 0.25) is 0 Å². The molecule has 0 fully saturated rings. The first kappa shape index (κ1) is 17.2. The van der Waals surface area contributed by atoms with Crippen LogP contribution in [0.1, 0.15) is 11.3 Å². The molecule has 0 bridgehead atoms. The van der Waals surface area contributed by atoms with Gasteiger partial charge in [0.25, 0.3) is 0 Å². The molecule has 4 aromatic rings. The van der Waals surface area contributed by atoms with Gasteiger partial charge in [-0.15, -0.1) is 0 Å². The summed E-state index contributed by atoms with van der Waals surface area (Å²) in [5.74, 6) is 2.73. The second-order valence-corrected chi connectivity index (χ2v) is 6.47. The first-order valence-electron chi connectivity index (χ1n) is 8.96. The zero-order chi connectivity index (χ0) is 18.6. The van der Waals surface area contributed by atoms with E-state index in [1.807, 2.05) is 30.3 Å². The van der Waals surface area contributed by atoms with Gasteiger partial charge in [0.05, 0.1) is 13.7 Å². The molecule has 3 N–H and O–H groups in total. The van der Waals surface area contributed by atoms with E-state index in [0.29, 0.717) is 6.54 Å². The number of methoxy groups -OCH3 is 1. The number of aromatic nitrogens is 1. The number of furan rings is 1. The largest absolute Gasteiger partial charge is 0.508 e. The van der Waals surface area contributed by atoms with Gasteiger partial charge in [0.2, 0.25) is 0 Å². The Labute approximate surface area is 157 Å². The van der Waals surface area contributed by atoms with Gasteiger partial charge >= 0.3 is 0 Å². The molecule has 0 amide bonds. The lowest BCUT2D eigenvalue weighted by Crippen LogP contribution is -2.16. The van der Waals surface area contributed by atoms with Gasteiger partial charge in [0.1, 0.15) is 23.0 Å². The number of fused-ring (bicyclic) bond motifs is 1. The highest BCUT2D eigenvalue weighted by Gasteiger charge is 2.07. The van der Waals surface area contributed by atoms with Crippen molar-refractivity contribution in [3.05, 3.63) is 72.1 Å². The van der Waals surface area contributed by atoms with Crippen molar-refractivity contribution < 1.29 is 14.3 Å². The Bertz CT molecular complexity index is 1050. The Hall–Kier alpha value is -3.18. The molecule has 27 heavy (non-hydrogen) atoms. The fourth-order valence-corrected chi connectivity index (χ4v) is 3.21. The second kappa shape index (κ2) is 7.60. The van der Waals surface area contributed by atoms with Crippen LogP contribution in [0.25, 0.3) is 22.2 Å². The van der Waals surface area contributed by atoms with E-state index in [-0.39, 0.29) is 5.75 Å². The maximum Gasteiger partial charge on any atom is 0.134 e. The molecule has 0 spiro atoms. The molecule has 0 unspecified atom stereocenters. The van der Waals surface area contributed by atoms with Crippen molar-refractivity contribution in [2.24, 2.45) is 0 Å². The van der Waals surface area contributed by atoms with E-state index in [2.05, 4.69) is 22.6 Å². The number of hydrogen-bond donors (Lipinski definition) is 3. The number of aromatic hydroxyl groups is 1. The number of phenolic OH excluding ortho intramolecular Hbond substituents is 1. The average molecular weight is 362 g/mol. The number of rotatable bonds is 7. The average Bonchev–Trinajstić information content (AvgIpc) is 3.32. The highest BCUT2D eigenvalue weighted by atomic mass is 16.5. The summed E-state index contributed by atoms with van der Waals surface area (Å²) in [5, 5.41) is 14.2. The number of benzene rings is 2. The lowest BCUT2D eigenvalue weighted by atomic mass is 10.1. The van der Waals surface area contributed by atoms with Gasteiger partial charge in [-0.3, -0.25) is 0 Å². The standard InChI is InChI=1S/C22H22N2O3/c1-26-18-5-7-21-20(12-18)16(13-24-21)9-10-23-14-19-6-8-22(27-19)15-3-2-4-17(25)11-15/h2-8,11-13,23-25H,9-10,14H2,1H3. The monoisotopic (exact) mass is 362 g/mol. The summed E-state index contributed by atoms with van der Waals surface area (Å²) in [7, 11) is 1.68. The summed E-state index contributed by atoms with van der Waals surface area (Å²) < 4.78 is 11.2. The molecular weight excluding hydrogens is 340 g/mol. The quantitative estimate of drug-likeness (QED) is 0.424. The van der Waals surface area contributed by atoms with Crippen molar-refractivity contribution in [3.8, 4) is 22.8 Å². The molecule has 2 aromatic heterocycles. The van der Waals surface area contributed by atoms with Crippen LogP contribution in [0.3, 0.4) is 0 Å². The van der Waals surface area contributed by atoms with Crippen molar-refractivity contribution in [2.45, 2.75) is 13.0 Å². The predicted octanol–water partition coefficient (Wildman–Crippen LogP) is 4.47. The maximum absolute atomic E-state index is 9.59. The van der Waals surface area contributed by atoms with Crippen LogP contribution in [-0.4, -0.2) is 23.7 Å². The minimum absolute atomic E-state index is 0.235. The minimum Gasteiger partial charge on any atom is -0.508 e. The van der Waals surface area contributed by atoms with Crippen LogP contribution in [0, 0.1) is 0 Å². The molecule has 0 aliphatic heterocycles. The number of ether oxygens (including phenoxy) is 1. The topological polar surface area (TPSA) is 70.4 Å². The minimum atomic E-state index is 0.235. The summed E-state index contributed by atoms with van der Waals surface area (Å²) in [6, 6.07) is 17.0. The molecule has 0 aliphatic rings. The molecule has 0 saturated heterocycles. The van der Waals surface area contributed by atoms with Gasteiger partial charge in [-0.05, 0) is 61.0 Å². The Morgan fingerprint density at radius 3 is 2.89 bits per heavy atom. The van der Waals surface area contributed by atoms with E-state index in [1.165, 1.54) is 10.9 Å². The van der Waals surface area contributed by atoms with E-state index in [0.717, 1.165) is 41.3 Å². The molecule has 5 heteroatoms. The molecule has 138 valence electrons. The Morgan fingerprint density at radius 2 is 2.04 bits per heavy atom. The Balaban J connectivity index is 1.34. The van der Waals surface area contributed by atoms with E-state index in [1.54, 1.807) is 25.3 Å². The molecule has 0 radical (unpaired) electrons. The molecule has 2 aromatic carbocycles. The van der Waals surface area contributed by atoms with Gasteiger partial charge in [-0.25, -0.2) is 0 Å². The van der Waals surface area contributed by atoms with Crippen LogP contribution >= 0.6 is 0 Å². The van der Waals surface area contributed by atoms with Gasteiger partial charge in [0.15, 0.2) is 0 Å². The lowest BCUT2D eigenvalue weighted by Gasteiger charge is -2.04. The summed E-state index contributed by atoms with van der Waals surface area (Å²) in [6.07, 6.45) is 2.96. The summed E-state index contributed by atoms with van der Waals surface area (Å²) in [4.78, 5) is 3.30. The number of phenols is 1. The van der Waals surface area contributed by atoms with Crippen molar-refractivity contribution >= 4 is 10.9 Å². The number of H-pyrrole nitrogens is 1. The van der Waals surface area contributed by atoms with E-state index in [9.17, 15) is 5.11 Å². The molecule has 5 nitrogen and oxygen atoms in total.